The van der Waals surface area contributed by atoms with Gasteiger partial charge in [0.15, 0.2) is 9.84 Å². The molecule has 1 heterocycles. The van der Waals surface area contributed by atoms with Gasteiger partial charge in [-0.2, -0.15) is 0 Å². The summed E-state index contributed by atoms with van der Waals surface area (Å²) in [6.45, 7) is 6.14. The number of hydrogen-bond donors (Lipinski definition) is 1. The van der Waals surface area contributed by atoms with E-state index >= 15 is 0 Å². The Balaban J connectivity index is 1.63. The Kier molecular flexibility index (Phi) is 5.95. The van der Waals surface area contributed by atoms with E-state index in [1.54, 1.807) is 0 Å². The first kappa shape index (κ1) is 22.1. The van der Waals surface area contributed by atoms with Crippen molar-refractivity contribution in [3.05, 3.63) is 22.8 Å². The van der Waals surface area contributed by atoms with Crippen molar-refractivity contribution in [2.24, 2.45) is 23.2 Å². The van der Waals surface area contributed by atoms with Crippen molar-refractivity contribution in [1.29, 1.82) is 0 Å². The second kappa shape index (κ2) is 8.09. The number of allylic oxidation sites excluding steroid dienone is 1. The summed E-state index contributed by atoms with van der Waals surface area (Å²) < 4.78 is 31.6. The molecule has 6 atom stereocenters. The topological polar surface area (TPSA) is 80.7 Å². The number of hydrogen-bond acceptors (Lipinski definition) is 5. The lowest BCUT2D eigenvalue weighted by Gasteiger charge is -2.44. The van der Waals surface area contributed by atoms with Gasteiger partial charge < -0.3 is 9.84 Å². The Morgan fingerprint density at radius 1 is 1.30 bits per heavy atom. The molecule has 0 aromatic rings. The van der Waals surface area contributed by atoms with Crippen LogP contribution in [0.5, 0.6) is 0 Å². The maximum absolute atomic E-state index is 13.1. The van der Waals surface area contributed by atoms with Crippen LogP contribution in [0.1, 0.15) is 72.1 Å². The number of esters is 1. The maximum atomic E-state index is 13.1. The highest BCUT2D eigenvalue weighted by atomic mass is 32.2. The lowest BCUT2D eigenvalue weighted by Crippen LogP contribution is -2.37. The molecule has 30 heavy (non-hydrogen) atoms. The van der Waals surface area contributed by atoms with Gasteiger partial charge in [0.05, 0.1) is 5.75 Å². The molecule has 1 aliphatic heterocycles. The second-order valence-electron chi connectivity index (χ2n) is 10.3. The second-order valence-corrected chi connectivity index (χ2v) is 12.5. The van der Waals surface area contributed by atoms with Crippen molar-refractivity contribution in [3.8, 4) is 0 Å². The van der Waals surface area contributed by atoms with Crippen LogP contribution in [0.3, 0.4) is 0 Å². The smallest absolute Gasteiger partial charge is 0.302 e. The average molecular weight is 437 g/mol. The van der Waals surface area contributed by atoms with Gasteiger partial charge in [-0.25, -0.2) is 8.42 Å². The van der Waals surface area contributed by atoms with Gasteiger partial charge in [-0.1, -0.05) is 31.1 Å². The van der Waals surface area contributed by atoms with Crippen LogP contribution in [0, 0.1) is 23.2 Å². The Hall–Kier alpha value is -1.14. The number of aliphatic hydroxyl groups excluding tert-OH is 1. The highest BCUT2D eigenvalue weighted by Crippen LogP contribution is 2.59. The molecule has 0 radical (unpaired) electrons. The molecule has 4 aliphatic rings. The molecule has 5 nitrogen and oxygen atoms in total. The molecular weight excluding hydrogens is 400 g/mol. The summed E-state index contributed by atoms with van der Waals surface area (Å²) >= 11 is 0. The zero-order valence-electron chi connectivity index (χ0n) is 18.5. The van der Waals surface area contributed by atoms with Crippen molar-refractivity contribution in [2.75, 3.05) is 12.4 Å². The number of fused-ring (bicyclic) bond motifs is 1. The quantitative estimate of drug-likeness (QED) is 0.533. The van der Waals surface area contributed by atoms with Crippen LogP contribution in [0.25, 0.3) is 0 Å². The van der Waals surface area contributed by atoms with Crippen LogP contribution in [0.4, 0.5) is 0 Å². The largest absolute Gasteiger partial charge is 0.462 e. The van der Waals surface area contributed by atoms with E-state index in [9.17, 15) is 18.3 Å². The molecule has 4 rings (SSSR count). The van der Waals surface area contributed by atoms with Gasteiger partial charge >= 0.3 is 5.97 Å². The first-order chi connectivity index (χ1) is 14.2. The van der Waals surface area contributed by atoms with Gasteiger partial charge in [0.2, 0.25) is 0 Å². The van der Waals surface area contributed by atoms with Gasteiger partial charge in [-0.15, -0.1) is 0 Å². The molecule has 0 bridgehead atoms. The summed E-state index contributed by atoms with van der Waals surface area (Å²) in [7, 11) is -3.23. The minimum atomic E-state index is -3.23. The highest BCUT2D eigenvalue weighted by Gasteiger charge is 2.51. The predicted molar refractivity (Wildman–Crippen MR) is 117 cm³/mol. The van der Waals surface area contributed by atoms with E-state index in [-0.39, 0.29) is 35.8 Å². The number of ether oxygens (including phenoxy) is 1. The fraction of sp³-hybridized carbons (Fsp3) is 0.792. The van der Waals surface area contributed by atoms with Crippen LogP contribution in [0.15, 0.2) is 22.8 Å². The first-order valence-electron chi connectivity index (χ1n) is 11.6. The Bertz CT molecular complexity index is 870. The number of rotatable bonds is 4. The molecule has 2 fully saturated rings. The summed E-state index contributed by atoms with van der Waals surface area (Å²) in [6.07, 6.45) is 9.28. The van der Waals surface area contributed by atoms with E-state index in [0.29, 0.717) is 24.7 Å². The van der Waals surface area contributed by atoms with Crippen molar-refractivity contribution >= 4 is 15.8 Å². The lowest BCUT2D eigenvalue weighted by atomic mass is 9.61. The van der Waals surface area contributed by atoms with E-state index < -0.39 is 15.1 Å². The van der Waals surface area contributed by atoms with Crippen LogP contribution in [-0.4, -0.2) is 43.2 Å². The van der Waals surface area contributed by atoms with E-state index in [0.717, 1.165) is 49.7 Å². The SMILES string of the molecule is CC(=O)O[C@H]1CCC2=C(C1)[C@@H](/C=C1\CCC[C@]3(C)[C@@H]([C@H](C)CO)CC[C@@H]13)S(=O)(=O)C2. The van der Waals surface area contributed by atoms with Gasteiger partial charge in [0.1, 0.15) is 11.4 Å². The molecule has 1 N–H and O–H groups in total. The minimum absolute atomic E-state index is 0.151. The summed E-state index contributed by atoms with van der Waals surface area (Å²) in [5.41, 5.74) is 3.51. The summed E-state index contributed by atoms with van der Waals surface area (Å²) in [5, 5.41) is 9.20. The molecule has 6 heteroatoms. The maximum Gasteiger partial charge on any atom is 0.302 e. The van der Waals surface area contributed by atoms with E-state index in [1.807, 2.05) is 0 Å². The minimum Gasteiger partial charge on any atom is -0.462 e. The summed E-state index contributed by atoms with van der Waals surface area (Å²) in [4.78, 5) is 11.4. The van der Waals surface area contributed by atoms with Crippen molar-refractivity contribution < 1.29 is 23.1 Å². The number of carbonyl (C=O) groups is 1. The van der Waals surface area contributed by atoms with Crippen molar-refractivity contribution in [1.82, 2.24) is 0 Å². The fourth-order valence-corrected chi connectivity index (χ4v) is 9.17. The molecule has 0 aromatic carbocycles. The monoisotopic (exact) mass is 436 g/mol. The number of sulfone groups is 1. The van der Waals surface area contributed by atoms with Crippen LogP contribution in [-0.2, 0) is 19.4 Å². The van der Waals surface area contributed by atoms with Crippen LogP contribution < -0.4 is 0 Å². The first-order valence-corrected chi connectivity index (χ1v) is 13.3. The molecule has 0 spiro atoms. The van der Waals surface area contributed by atoms with E-state index in [4.69, 9.17) is 4.74 Å². The Morgan fingerprint density at radius 3 is 2.77 bits per heavy atom. The van der Waals surface area contributed by atoms with Crippen molar-refractivity contribution in [3.63, 3.8) is 0 Å². The molecule has 0 aromatic heterocycles. The zero-order chi connectivity index (χ0) is 21.7. The van der Waals surface area contributed by atoms with Crippen LogP contribution in [0.2, 0.25) is 0 Å². The normalized spacial score (nSPS) is 40.2. The Labute approximate surface area is 180 Å². The molecular formula is C24H36O5S. The van der Waals surface area contributed by atoms with Gasteiger partial charge in [0.25, 0.3) is 0 Å². The van der Waals surface area contributed by atoms with Crippen LogP contribution >= 0.6 is 0 Å². The zero-order valence-corrected chi connectivity index (χ0v) is 19.3. The number of carbonyl (C=O) groups excluding carboxylic acids is 1. The predicted octanol–water partition coefficient (Wildman–Crippen LogP) is 3.97. The summed E-state index contributed by atoms with van der Waals surface area (Å²) in [5.74, 6) is 1.06. The lowest BCUT2D eigenvalue weighted by molar-refractivity contribution is -0.146. The molecule has 168 valence electrons. The average Bonchev–Trinajstić information content (AvgIpc) is 3.15. The molecule has 0 unspecified atom stereocenters. The standard InChI is InChI=1S/C24H36O5S/c1-15(13-25)21-8-9-22-17(5-4-10-24(21,22)3)11-23-20-12-19(29-16(2)26)7-6-18(20)14-30(23,27)28/h11,15,19,21-23,25H,4-10,12-14H2,1-3H3/b17-11+/t15-,19+,21-,22+,23-,24-/m1/s1. The molecule has 0 saturated heterocycles. The highest BCUT2D eigenvalue weighted by molar-refractivity contribution is 7.92. The third-order valence-electron chi connectivity index (χ3n) is 8.49. The Morgan fingerprint density at radius 2 is 2.07 bits per heavy atom. The molecule has 0 amide bonds. The van der Waals surface area contributed by atoms with Gasteiger partial charge in [-0.3, -0.25) is 4.79 Å². The third-order valence-corrected chi connectivity index (χ3v) is 10.4. The molecule has 2 saturated carbocycles. The fourth-order valence-electron chi connectivity index (χ4n) is 7.09. The summed E-state index contributed by atoms with van der Waals surface area (Å²) in [6, 6.07) is 0. The van der Waals surface area contributed by atoms with E-state index in [1.165, 1.54) is 12.5 Å². The van der Waals surface area contributed by atoms with Gasteiger partial charge in [-0.05, 0) is 73.7 Å². The van der Waals surface area contributed by atoms with E-state index in [2.05, 4.69) is 19.9 Å². The van der Waals surface area contributed by atoms with Gasteiger partial charge in [0, 0.05) is 20.0 Å². The van der Waals surface area contributed by atoms with Crippen molar-refractivity contribution in [2.45, 2.75) is 83.5 Å². The third kappa shape index (κ3) is 3.79. The molecule has 3 aliphatic carbocycles. The number of aliphatic hydroxyl groups is 1.